The Bertz CT molecular complexity index is 304. The van der Waals surface area contributed by atoms with Crippen molar-refractivity contribution < 1.29 is 19.4 Å². The fraction of sp³-hybridized carbons (Fsp3) is 0.800. The van der Waals surface area contributed by atoms with E-state index in [4.69, 9.17) is 9.84 Å². The van der Waals surface area contributed by atoms with E-state index >= 15 is 0 Å². The van der Waals surface area contributed by atoms with Crippen molar-refractivity contribution in [2.75, 3.05) is 6.61 Å². The highest BCUT2D eigenvalue weighted by molar-refractivity contribution is 5.89. The van der Waals surface area contributed by atoms with Gasteiger partial charge in [-0.3, -0.25) is 4.79 Å². The molecule has 3 unspecified atom stereocenters. The number of ether oxygens (including phenoxy) is 1. The molecule has 0 aliphatic carbocycles. The van der Waals surface area contributed by atoms with Crippen LogP contribution in [0.3, 0.4) is 0 Å². The first kappa shape index (κ1) is 10.4. The van der Waals surface area contributed by atoms with Crippen LogP contribution in [0.1, 0.15) is 26.2 Å². The van der Waals surface area contributed by atoms with Crippen molar-refractivity contribution in [2.24, 2.45) is 5.41 Å². The van der Waals surface area contributed by atoms with Gasteiger partial charge in [-0.1, -0.05) is 0 Å². The standard InChI is InChI=1S/C10H15NO4/c1-6-4-10(2-3-15-6)5-7(12)11-8(10)9(13)14/h6,8H,2-5H2,1H3,(H,11,12)(H,13,14). The Morgan fingerprint density at radius 1 is 1.67 bits per heavy atom. The molecule has 2 N–H and O–H groups in total. The molecule has 15 heavy (non-hydrogen) atoms. The molecule has 1 spiro atoms. The summed E-state index contributed by atoms with van der Waals surface area (Å²) in [7, 11) is 0. The van der Waals surface area contributed by atoms with E-state index in [0.29, 0.717) is 25.9 Å². The van der Waals surface area contributed by atoms with Crippen LogP contribution < -0.4 is 5.32 Å². The summed E-state index contributed by atoms with van der Waals surface area (Å²) in [5, 5.41) is 11.6. The zero-order chi connectivity index (χ0) is 11.1. The molecular weight excluding hydrogens is 198 g/mol. The fourth-order valence-corrected chi connectivity index (χ4v) is 2.73. The second-order valence-electron chi connectivity index (χ2n) is 4.51. The first-order valence-electron chi connectivity index (χ1n) is 5.17. The van der Waals surface area contributed by atoms with Crippen LogP contribution in [0.15, 0.2) is 0 Å². The maximum absolute atomic E-state index is 11.3. The molecule has 0 saturated carbocycles. The summed E-state index contributed by atoms with van der Waals surface area (Å²) in [4.78, 5) is 22.4. The second-order valence-corrected chi connectivity index (χ2v) is 4.51. The summed E-state index contributed by atoms with van der Waals surface area (Å²) in [6.45, 7) is 2.46. The van der Waals surface area contributed by atoms with Crippen LogP contribution >= 0.6 is 0 Å². The molecule has 84 valence electrons. The fourth-order valence-electron chi connectivity index (χ4n) is 2.73. The lowest BCUT2D eigenvalue weighted by Gasteiger charge is -2.38. The van der Waals surface area contributed by atoms with Gasteiger partial charge in [-0.15, -0.1) is 0 Å². The quantitative estimate of drug-likeness (QED) is 0.650. The summed E-state index contributed by atoms with van der Waals surface area (Å²) >= 11 is 0. The van der Waals surface area contributed by atoms with Gasteiger partial charge in [0.25, 0.3) is 0 Å². The molecule has 5 heteroatoms. The second kappa shape index (κ2) is 3.48. The molecule has 5 nitrogen and oxygen atoms in total. The molecule has 2 fully saturated rings. The smallest absolute Gasteiger partial charge is 0.326 e. The lowest BCUT2D eigenvalue weighted by atomic mass is 9.72. The van der Waals surface area contributed by atoms with Crippen LogP contribution in [0.5, 0.6) is 0 Å². The lowest BCUT2D eigenvalue weighted by Crippen LogP contribution is -2.47. The molecule has 2 heterocycles. The number of rotatable bonds is 1. The number of hydrogen-bond acceptors (Lipinski definition) is 3. The van der Waals surface area contributed by atoms with Crippen molar-refractivity contribution in [3.05, 3.63) is 0 Å². The van der Waals surface area contributed by atoms with E-state index in [1.807, 2.05) is 6.92 Å². The van der Waals surface area contributed by atoms with Gasteiger partial charge in [0.2, 0.25) is 5.91 Å². The van der Waals surface area contributed by atoms with E-state index in [9.17, 15) is 9.59 Å². The number of carbonyl (C=O) groups is 2. The molecule has 0 radical (unpaired) electrons. The zero-order valence-corrected chi connectivity index (χ0v) is 8.66. The number of carboxylic acid groups (broad SMARTS) is 1. The molecule has 1 amide bonds. The van der Waals surface area contributed by atoms with Crippen LogP contribution in [0.25, 0.3) is 0 Å². The van der Waals surface area contributed by atoms with Crippen LogP contribution in [-0.2, 0) is 14.3 Å². The molecule has 2 aliphatic heterocycles. The van der Waals surface area contributed by atoms with Crippen molar-refractivity contribution in [2.45, 2.75) is 38.3 Å². The van der Waals surface area contributed by atoms with Gasteiger partial charge in [0.1, 0.15) is 6.04 Å². The van der Waals surface area contributed by atoms with E-state index in [1.165, 1.54) is 0 Å². The van der Waals surface area contributed by atoms with Gasteiger partial charge in [0.05, 0.1) is 6.10 Å². The number of carbonyl (C=O) groups excluding carboxylic acids is 1. The number of carboxylic acids is 1. The van der Waals surface area contributed by atoms with E-state index in [2.05, 4.69) is 5.32 Å². The Morgan fingerprint density at radius 2 is 2.40 bits per heavy atom. The molecule has 2 rings (SSSR count). The lowest BCUT2D eigenvalue weighted by molar-refractivity contribution is -0.145. The minimum atomic E-state index is -0.935. The van der Waals surface area contributed by atoms with Gasteiger partial charge < -0.3 is 15.2 Å². The van der Waals surface area contributed by atoms with Crippen molar-refractivity contribution in [1.82, 2.24) is 5.32 Å². The Hall–Kier alpha value is -1.10. The topological polar surface area (TPSA) is 75.6 Å². The van der Waals surface area contributed by atoms with Crippen molar-refractivity contribution in [3.8, 4) is 0 Å². The molecule has 2 saturated heterocycles. The summed E-state index contributed by atoms with van der Waals surface area (Å²) in [6.07, 6.45) is 1.64. The Morgan fingerprint density at radius 3 is 3.00 bits per heavy atom. The van der Waals surface area contributed by atoms with E-state index < -0.39 is 17.4 Å². The SMILES string of the molecule is CC1CC2(CCO1)CC(=O)NC2C(=O)O. The highest BCUT2D eigenvalue weighted by Gasteiger charge is 2.52. The Kier molecular flexibility index (Phi) is 2.42. The number of hydrogen-bond donors (Lipinski definition) is 2. The molecule has 0 aromatic heterocycles. The monoisotopic (exact) mass is 213 g/mol. The highest BCUT2D eigenvalue weighted by Crippen LogP contribution is 2.43. The number of aliphatic carboxylic acids is 1. The van der Waals surface area contributed by atoms with Crippen LogP contribution in [-0.4, -0.2) is 35.7 Å². The van der Waals surface area contributed by atoms with Gasteiger partial charge in [0.15, 0.2) is 0 Å². The normalized spacial score (nSPS) is 40.5. The summed E-state index contributed by atoms with van der Waals surface area (Å²) in [6, 6.07) is -0.739. The maximum Gasteiger partial charge on any atom is 0.326 e. The maximum atomic E-state index is 11.3. The number of amides is 1. The molecule has 0 bridgehead atoms. The minimum absolute atomic E-state index is 0.0355. The molecule has 0 aromatic carbocycles. The van der Waals surface area contributed by atoms with Gasteiger partial charge in [0, 0.05) is 18.4 Å². The summed E-state index contributed by atoms with van der Waals surface area (Å²) < 4.78 is 5.40. The minimum Gasteiger partial charge on any atom is -0.480 e. The zero-order valence-electron chi connectivity index (χ0n) is 8.66. The summed E-state index contributed by atoms with van der Waals surface area (Å²) in [5.74, 6) is -1.09. The molecular formula is C10H15NO4. The predicted octanol–water partition coefficient (Wildman–Crippen LogP) is 0.145. The van der Waals surface area contributed by atoms with Crippen molar-refractivity contribution in [1.29, 1.82) is 0 Å². The van der Waals surface area contributed by atoms with Gasteiger partial charge in [-0.2, -0.15) is 0 Å². The number of nitrogens with one attached hydrogen (secondary N) is 1. The van der Waals surface area contributed by atoms with E-state index in [0.717, 1.165) is 0 Å². The Labute approximate surface area is 87.8 Å². The molecule has 2 aliphatic rings. The highest BCUT2D eigenvalue weighted by atomic mass is 16.5. The van der Waals surface area contributed by atoms with Crippen LogP contribution in [0.4, 0.5) is 0 Å². The third-order valence-corrected chi connectivity index (χ3v) is 3.37. The molecule has 3 atom stereocenters. The van der Waals surface area contributed by atoms with Gasteiger partial charge in [-0.25, -0.2) is 4.79 Å². The van der Waals surface area contributed by atoms with Crippen molar-refractivity contribution >= 4 is 11.9 Å². The first-order chi connectivity index (χ1) is 7.03. The summed E-state index contributed by atoms with van der Waals surface area (Å²) in [5.41, 5.74) is -0.430. The Balaban J connectivity index is 2.23. The third kappa shape index (κ3) is 1.71. The van der Waals surface area contributed by atoms with Gasteiger partial charge >= 0.3 is 5.97 Å². The largest absolute Gasteiger partial charge is 0.480 e. The van der Waals surface area contributed by atoms with Crippen molar-refractivity contribution in [3.63, 3.8) is 0 Å². The first-order valence-corrected chi connectivity index (χ1v) is 5.17. The van der Waals surface area contributed by atoms with Gasteiger partial charge in [-0.05, 0) is 19.8 Å². The molecule has 0 aromatic rings. The average Bonchev–Trinajstić information content (AvgIpc) is 2.42. The van der Waals surface area contributed by atoms with Crippen LogP contribution in [0, 0.1) is 5.41 Å². The predicted molar refractivity (Wildman–Crippen MR) is 51.3 cm³/mol. The van der Waals surface area contributed by atoms with Crippen LogP contribution in [0.2, 0.25) is 0 Å². The average molecular weight is 213 g/mol. The van der Waals surface area contributed by atoms with E-state index in [-0.39, 0.29) is 12.0 Å². The van der Waals surface area contributed by atoms with E-state index in [1.54, 1.807) is 0 Å². The third-order valence-electron chi connectivity index (χ3n) is 3.37.